The fourth-order valence-corrected chi connectivity index (χ4v) is 4.72. The van der Waals surface area contributed by atoms with E-state index in [9.17, 15) is 17.2 Å². The minimum Gasteiger partial charge on any atom is -0.376 e. The van der Waals surface area contributed by atoms with Gasteiger partial charge in [-0.2, -0.15) is 4.31 Å². The van der Waals surface area contributed by atoms with Gasteiger partial charge in [0.05, 0.1) is 18.1 Å². The third kappa shape index (κ3) is 4.66. The van der Waals surface area contributed by atoms with Crippen molar-refractivity contribution in [1.82, 2.24) is 4.31 Å². The van der Waals surface area contributed by atoms with E-state index in [-0.39, 0.29) is 17.4 Å². The Balaban J connectivity index is 1.62. The van der Waals surface area contributed by atoms with Crippen LogP contribution in [0, 0.1) is 17.6 Å². The predicted octanol–water partition coefficient (Wildman–Crippen LogP) is 3.58. The molecule has 0 N–H and O–H groups in total. The number of hydrogen-bond acceptors (Lipinski definition) is 3. The smallest absolute Gasteiger partial charge is 0.243 e. The Kier molecular flexibility index (Phi) is 6.01. The van der Waals surface area contributed by atoms with Gasteiger partial charge in [-0.15, -0.1) is 0 Å². The van der Waals surface area contributed by atoms with E-state index in [1.54, 1.807) is 0 Å². The molecule has 3 rings (SSSR count). The maximum atomic E-state index is 13.4. The first kappa shape index (κ1) is 18.9. The first-order chi connectivity index (χ1) is 12.4. The number of ether oxygens (including phenoxy) is 1. The molecular formula is C19H21F2NO3S. The first-order valence-electron chi connectivity index (χ1n) is 8.53. The van der Waals surface area contributed by atoms with Crippen LogP contribution >= 0.6 is 0 Å². The molecule has 2 aromatic rings. The fourth-order valence-electron chi connectivity index (χ4n) is 3.13. The zero-order valence-corrected chi connectivity index (χ0v) is 15.1. The molecule has 26 heavy (non-hydrogen) atoms. The van der Waals surface area contributed by atoms with Crippen molar-refractivity contribution in [3.63, 3.8) is 0 Å². The van der Waals surface area contributed by atoms with Crippen LogP contribution in [0.2, 0.25) is 0 Å². The van der Waals surface area contributed by atoms with Crippen molar-refractivity contribution in [2.75, 3.05) is 19.7 Å². The van der Waals surface area contributed by atoms with Gasteiger partial charge < -0.3 is 4.74 Å². The van der Waals surface area contributed by atoms with Crippen molar-refractivity contribution in [3.8, 4) is 0 Å². The highest BCUT2D eigenvalue weighted by Crippen LogP contribution is 2.25. The van der Waals surface area contributed by atoms with Gasteiger partial charge in [-0.05, 0) is 36.5 Å². The molecule has 1 aliphatic rings. The van der Waals surface area contributed by atoms with Gasteiger partial charge in [-0.3, -0.25) is 0 Å². The second kappa shape index (κ2) is 8.24. The lowest BCUT2D eigenvalue weighted by atomic mass is 10.0. The van der Waals surface area contributed by atoms with Crippen LogP contribution in [0.25, 0.3) is 0 Å². The fraction of sp³-hybridized carbons (Fsp3) is 0.368. The summed E-state index contributed by atoms with van der Waals surface area (Å²) in [4.78, 5) is -0.346. The molecule has 1 aliphatic heterocycles. The Morgan fingerprint density at radius 1 is 1.08 bits per heavy atom. The molecule has 7 heteroatoms. The summed E-state index contributed by atoms with van der Waals surface area (Å²) >= 11 is 0. The Morgan fingerprint density at radius 3 is 2.46 bits per heavy atom. The number of rotatable bonds is 6. The number of sulfonamides is 1. The van der Waals surface area contributed by atoms with E-state index in [0.717, 1.165) is 24.1 Å². The van der Waals surface area contributed by atoms with Gasteiger partial charge in [-0.1, -0.05) is 30.3 Å². The molecule has 1 fully saturated rings. The lowest BCUT2D eigenvalue weighted by molar-refractivity contribution is 0.0672. The highest BCUT2D eigenvalue weighted by Gasteiger charge is 2.31. The van der Waals surface area contributed by atoms with E-state index in [1.165, 1.54) is 4.31 Å². The van der Waals surface area contributed by atoms with Crippen LogP contribution in [0.1, 0.15) is 18.4 Å². The topological polar surface area (TPSA) is 46.6 Å². The van der Waals surface area contributed by atoms with Crippen LogP contribution in [0.5, 0.6) is 0 Å². The average molecular weight is 381 g/mol. The Morgan fingerprint density at radius 2 is 1.77 bits per heavy atom. The number of halogens is 2. The van der Waals surface area contributed by atoms with Crippen molar-refractivity contribution in [2.45, 2.75) is 24.3 Å². The summed E-state index contributed by atoms with van der Waals surface area (Å²) in [6.07, 6.45) is 1.55. The van der Waals surface area contributed by atoms with Crippen molar-refractivity contribution in [2.24, 2.45) is 5.92 Å². The molecule has 0 amide bonds. The SMILES string of the molecule is O=S(=O)(c1cc(F)cc(F)c1)N1CCCC(COCc2ccccc2)C1. The van der Waals surface area contributed by atoms with E-state index in [0.29, 0.717) is 32.2 Å². The molecule has 0 radical (unpaired) electrons. The van der Waals surface area contributed by atoms with Crippen molar-refractivity contribution >= 4 is 10.0 Å². The number of piperidine rings is 1. The predicted molar refractivity (Wildman–Crippen MR) is 93.9 cm³/mol. The molecule has 140 valence electrons. The molecular weight excluding hydrogens is 360 g/mol. The van der Waals surface area contributed by atoms with E-state index < -0.39 is 21.7 Å². The average Bonchev–Trinajstić information content (AvgIpc) is 2.62. The van der Waals surface area contributed by atoms with Gasteiger partial charge in [0.1, 0.15) is 11.6 Å². The quantitative estimate of drug-likeness (QED) is 0.768. The first-order valence-corrected chi connectivity index (χ1v) is 9.97. The van der Waals surface area contributed by atoms with Gasteiger partial charge in [0.15, 0.2) is 0 Å². The largest absolute Gasteiger partial charge is 0.376 e. The summed E-state index contributed by atoms with van der Waals surface area (Å²) in [6, 6.07) is 12.1. The zero-order valence-electron chi connectivity index (χ0n) is 14.3. The third-order valence-corrected chi connectivity index (χ3v) is 6.26. The van der Waals surface area contributed by atoms with E-state index >= 15 is 0 Å². The van der Waals surface area contributed by atoms with E-state index in [2.05, 4.69) is 0 Å². The molecule has 0 aliphatic carbocycles. The number of hydrogen-bond donors (Lipinski definition) is 0. The van der Waals surface area contributed by atoms with E-state index in [4.69, 9.17) is 4.74 Å². The van der Waals surface area contributed by atoms with Crippen LogP contribution in [0.3, 0.4) is 0 Å². The summed E-state index contributed by atoms with van der Waals surface area (Å²) in [6.45, 7) is 1.54. The molecule has 2 aromatic carbocycles. The highest BCUT2D eigenvalue weighted by atomic mass is 32.2. The molecule has 1 heterocycles. The second-order valence-corrected chi connectivity index (χ2v) is 8.42. The van der Waals surface area contributed by atoms with Crippen LogP contribution in [0.4, 0.5) is 8.78 Å². The van der Waals surface area contributed by atoms with Crippen LogP contribution < -0.4 is 0 Å². The molecule has 1 atom stereocenters. The zero-order chi connectivity index (χ0) is 18.6. The minimum absolute atomic E-state index is 0.0562. The summed E-state index contributed by atoms with van der Waals surface area (Å²) in [5.41, 5.74) is 1.06. The molecule has 0 spiro atoms. The summed E-state index contributed by atoms with van der Waals surface area (Å²) in [5.74, 6) is -1.74. The lowest BCUT2D eigenvalue weighted by Gasteiger charge is -2.31. The van der Waals surface area contributed by atoms with Gasteiger partial charge in [0.2, 0.25) is 10.0 Å². The summed E-state index contributed by atoms with van der Waals surface area (Å²) in [5, 5.41) is 0. The number of nitrogens with zero attached hydrogens (tertiary/aromatic N) is 1. The van der Waals surface area contributed by atoms with Gasteiger partial charge in [0, 0.05) is 19.2 Å². The van der Waals surface area contributed by atoms with E-state index in [1.807, 2.05) is 30.3 Å². The molecule has 1 saturated heterocycles. The minimum atomic E-state index is -3.92. The van der Waals surface area contributed by atoms with Gasteiger partial charge >= 0.3 is 0 Å². The molecule has 4 nitrogen and oxygen atoms in total. The van der Waals surface area contributed by atoms with Crippen LogP contribution in [-0.4, -0.2) is 32.4 Å². The number of benzene rings is 2. The second-order valence-electron chi connectivity index (χ2n) is 6.48. The van der Waals surface area contributed by atoms with Crippen LogP contribution in [0.15, 0.2) is 53.4 Å². The standard InChI is InChI=1S/C19H21F2NO3S/c20-17-9-18(21)11-19(10-17)26(23,24)22-8-4-7-16(12-22)14-25-13-15-5-2-1-3-6-15/h1-3,5-6,9-11,16H,4,7-8,12-14H2. The molecule has 1 unspecified atom stereocenters. The summed E-state index contributed by atoms with van der Waals surface area (Å²) in [7, 11) is -3.92. The molecule has 0 bridgehead atoms. The Bertz CT molecular complexity index is 823. The normalized spacial score (nSPS) is 18.8. The third-order valence-electron chi connectivity index (χ3n) is 4.42. The molecule has 0 saturated carbocycles. The van der Waals surface area contributed by atoms with Crippen LogP contribution in [-0.2, 0) is 21.4 Å². The Labute approximate surface area is 152 Å². The maximum Gasteiger partial charge on any atom is 0.243 e. The Hall–Kier alpha value is -1.83. The lowest BCUT2D eigenvalue weighted by Crippen LogP contribution is -2.41. The van der Waals surface area contributed by atoms with Crippen molar-refractivity contribution in [1.29, 1.82) is 0 Å². The van der Waals surface area contributed by atoms with Gasteiger partial charge in [0.25, 0.3) is 0 Å². The summed E-state index contributed by atoms with van der Waals surface area (Å²) < 4.78 is 59.2. The van der Waals surface area contributed by atoms with Gasteiger partial charge in [-0.25, -0.2) is 17.2 Å². The van der Waals surface area contributed by atoms with Crippen molar-refractivity contribution < 1.29 is 21.9 Å². The highest BCUT2D eigenvalue weighted by molar-refractivity contribution is 7.89. The molecule has 0 aromatic heterocycles. The van der Waals surface area contributed by atoms with Crippen molar-refractivity contribution in [3.05, 3.63) is 65.7 Å². The maximum absolute atomic E-state index is 13.4. The monoisotopic (exact) mass is 381 g/mol.